The highest BCUT2D eigenvalue weighted by Crippen LogP contribution is 2.09. The van der Waals surface area contributed by atoms with Crippen LogP contribution in [0.5, 0.6) is 0 Å². The number of carbonyl (C=O) groups excluding carboxylic acids is 2. The summed E-state index contributed by atoms with van der Waals surface area (Å²) in [5.74, 6) is -4.08. The van der Waals surface area contributed by atoms with Crippen molar-refractivity contribution in [1.82, 2.24) is 5.32 Å². The monoisotopic (exact) mass is 313 g/mol. The Morgan fingerprint density at radius 2 is 1.91 bits per heavy atom. The fourth-order valence-corrected chi connectivity index (χ4v) is 1.82. The quantitative estimate of drug-likeness (QED) is 0.767. The number of hydrogen-bond acceptors (Lipinski definition) is 3. The van der Waals surface area contributed by atoms with E-state index in [4.69, 9.17) is 5.11 Å². The summed E-state index contributed by atoms with van der Waals surface area (Å²) >= 11 is 0. The van der Waals surface area contributed by atoms with Crippen molar-refractivity contribution in [2.24, 2.45) is 0 Å². The largest absolute Gasteiger partial charge is 0.480 e. The molecule has 0 aliphatic heterocycles. The second-order valence-electron chi connectivity index (χ2n) is 4.81. The van der Waals surface area contributed by atoms with Gasteiger partial charge in [0.05, 0.1) is 6.42 Å². The second kappa shape index (κ2) is 8.21. The third kappa shape index (κ3) is 5.59. The summed E-state index contributed by atoms with van der Waals surface area (Å²) in [6.45, 7) is 1.67. The van der Waals surface area contributed by atoms with Gasteiger partial charge in [-0.05, 0) is 24.1 Å². The number of ketones is 1. The molecule has 0 aliphatic rings. The summed E-state index contributed by atoms with van der Waals surface area (Å²) in [5, 5.41) is 11.3. The molecule has 0 saturated heterocycles. The molecular formula is C15H17F2NO4. The standard InChI is InChI=1S/C15H17F2NO4/c1-2-10(19)4-6-13(15(21)22)18-14(20)8-9-3-5-11(16)12(17)7-9/h3,5,7,13H,2,4,6,8H2,1H3,(H,18,20)(H,21,22)/t13-/m1/s1. The molecule has 0 bridgehead atoms. The molecule has 0 aromatic heterocycles. The number of rotatable bonds is 8. The van der Waals surface area contributed by atoms with Crippen molar-refractivity contribution in [3.8, 4) is 0 Å². The summed E-state index contributed by atoms with van der Waals surface area (Å²) in [6, 6.07) is 1.83. The zero-order valence-corrected chi connectivity index (χ0v) is 12.1. The van der Waals surface area contributed by atoms with Gasteiger partial charge in [-0.2, -0.15) is 0 Å². The summed E-state index contributed by atoms with van der Waals surface area (Å²) in [5.41, 5.74) is 0.227. The lowest BCUT2D eigenvalue weighted by Crippen LogP contribution is -2.41. The van der Waals surface area contributed by atoms with Gasteiger partial charge in [-0.15, -0.1) is 0 Å². The molecule has 5 nitrogen and oxygen atoms in total. The van der Waals surface area contributed by atoms with E-state index in [9.17, 15) is 23.2 Å². The number of hydrogen-bond donors (Lipinski definition) is 2. The fourth-order valence-electron chi connectivity index (χ4n) is 1.82. The van der Waals surface area contributed by atoms with Crippen molar-refractivity contribution in [3.63, 3.8) is 0 Å². The number of Topliss-reactive ketones (excluding diaryl/α,β-unsaturated/α-hetero) is 1. The maximum atomic E-state index is 13.0. The Kier molecular flexibility index (Phi) is 6.62. The van der Waals surface area contributed by atoms with Gasteiger partial charge in [-0.25, -0.2) is 13.6 Å². The Labute approximate surface area is 126 Å². The third-order valence-electron chi connectivity index (χ3n) is 3.09. The Bertz CT molecular complexity index is 575. The van der Waals surface area contributed by atoms with Crippen LogP contribution in [0.25, 0.3) is 0 Å². The van der Waals surface area contributed by atoms with Crippen molar-refractivity contribution in [2.75, 3.05) is 0 Å². The summed E-state index contributed by atoms with van der Waals surface area (Å²) in [4.78, 5) is 34.0. The number of carboxylic acid groups (broad SMARTS) is 1. The number of nitrogens with one attached hydrogen (secondary N) is 1. The number of aliphatic carboxylic acids is 1. The SMILES string of the molecule is CCC(=O)CC[C@@H](NC(=O)Cc1ccc(F)c(F)c1)C(=O)O. The molecule has 1 atom stereocenters. The van der Waals surface area contributed by atoms with E-state index in [0.717, 1.165) is 12.1 Å². The smallest absolute Gasteiger partial charge is 0.326 e. The van der Waals surface area contributed by atoms with Gasteiger partial charge in [0.1, 0.15) is 11.8 Å². The van der Waals surface area contributed by atoms with Gasteiger partial charge in [0.25, 0.3) is 0 Å². The van der Waals surface area contributed by atoms with Gasteiger partial charge in [0.15, 0.2) is 11.6 Å². The number of halogens is 2. The molecule has 0 spiro atoms. The highest BCUT2D eigenvalue weighted by Gasteiger charge is 2.20. The topological polar surface area (TPSA) is 83.5 Å². The minimum Gasteiger partial charge on any atom is -0.480 e. The fraction of sp³-hybridized carbons (Fsp3) is 0.400. The van der Waals surface area contributed by atoms with Crippen LogP contribution in [0.4, 0.5) is 8.78 Å². The molecular weight excluding hydrogens is 296 g/mol. The van der Waals surface area contributed by atoms with Crippen molar-refractivity contribution in [1.29, 1.82) is 0 Å². The Balaban J connectivity index is 2.61. The molecule has 2 N–H and O–H groups in total. The average Bonchev–Trinajstić information content (AvgIpc) is 2.46. The molecule has 7 heteroatoms. The molecule has 22 heavy (non-hydrogen) atoms. The van der Waals surface area contributed by atoms with Gasteiger partial charge in [0.2, 0.25) is 5.91 Å². The van der Waals surface area contributed by atoms with E-state index >= 15 is 0 Å². The van der Waals surface area contributed by atoms with Crippen LogP contribution < -0.4 is 5.32 Å². The van der Waals surface area contributed by atoms with Crippen LogP contribution in [0, 0.1) is 11.6 Å². The van der Waals surface area contributed by atoms with Crippen LogP contribution >= 0.6 is 0 Å². The first-order valence-electron chi connectivity index (χ1n) is 6.81. The molecule has 0 heterocycles. The Morgan fingerprint density at radius 3 is 2.45 bits per heavy atom. The molecule has 0 aliphatic carbocycles. The van der Waals surface area contributed by atoms with E-state index in [0.29, 0.717) is 6.42 Å². The van der Waals surface area contributed by atoms with Crippen molar-refractivity contribution in [3.05, 3.63) is 35.4 Å². The number of amides is 1. The molecule has 0 fully saturated rings. The molecule has 0 unspecified atom stereocenters. The molecule has 0 radical (unpaired) electrons. The number of benzene rings is 1. The highest BCUT2D eigenvalue weighted by molar-refractivity contribution is 5.85. The molecule has 1 aromatic rings. The molecule has 1 amide bonds. The lowest BCUT2D eigenvalue weighted by Gasteiger charge is -2.14. The molecule has 1 rings (SSSR count). The van der Waals surface area contributed by atoms with Crippen LogP contribution in [0.3, 0.4) is 0 Å². The average molecular weight is 313 g/mol. The second-order valence-corrected chi connectivity index (χ2v) is 4.81. The van der Waals surface area contributed by atoms with E-state index < -0.39 is 29.6 Å². The van der Waals surface area contributed by atoms with Gasteiger partial charge < -0.3 is 10.4 Å². The van der Waals surface area contributed by atoms with E-state index in [-0.39, 0.29) is 30.6 Å². The maximum absolute atomic E-state index is 13.0. The van der Waals surface area contributed by atoms with Crippen LogP contribution in [0.15, 0.2) is 18.2 Å². The van der Waals surface area contributed by atoms with Crippen molar-refractivity contribution < 1.29 is 28.3 Å². The highest BCUT2D eigenvalue weighted by atomic mass is 19.2. The first-order valence-corrected chi connectivity index (χ1v) is 6.81. The van der Waals surface area contributed by atoms with E-state index in [1.807, 2.05) is 0 Å². The summed E-state index contributed by atoms with van der Waals surface area (Å²) in [7, 11) is 0. The Hall–Kier alpha value is -2.31. The molecule has 1 aromatic carbocycles. The van der Waals surface area contributed by atoms with E-state index in [1.54, 1.807) is 6.92 Å². The van der Waals surface area contributed by atoms with Crippen LogP contribution in [0.2, 0.25) is 0 Å². The van der Waals surface area contributed by atoms with Crippen molar-refractivity contribution in [2.45, 2.75) is 38.6 Å². The third-order valence-corrected chi connectivity index (χ3v) is 3.09. The van der Waals surface area contributed by atoms with Crippen LogP contribution in [-0.2, 0) is 20.8 Å². The predicted molar refractivity (Wildman–Crippen MR) is 74.2 cm³/mol. The van der Waals surface area contributed by atoms with Gasteiger partial charge in [-0.3, -0.25) is 9.59 Å². The Morgan fingerprint density at radius 1 is 1.23 bits per heavy atom. The van der Waals surface area contributed by atoms with Crippen molar-refractivity contribution >= 4 is 17.7 Å². The summed E-state index contributed by atoms with van der Waals surface area (Å²) < 4.78 is 25.8. The van der Waals surface area contributed by atoms with Gasteiger partial charge in [-0.1, -0.05) is 13.0 Å². The minimum atomic E-state index is -1.25. The predicted octanol–water partition coefficient (Wildman–Crippen LogP) is 1.84. The first-order chi connectivity index (χ1) is 10.3. The van der Waals surface area contributed by atoms with E-state index in [1.165, 1.54) is 6.07 Å². The maximum Gasteiger partial charge on any atom is 0.326 e. The normalized spacial score (nSPS) is 11.8. The number of carboxylic acids is 1. The van der Waals surface area contributed by atoms with Crippen LogP contribution in [0.1, 0.15) is 31.7 Å². The van der Waals surface area contributed by atoms with E-state index in [2.05, 4.69) is 5.32 Å². The first kappa shape index (κ1) is 17.7. The minimum absolute atomic E-state index is 0.00841. The van der Waals surface area contributed by atoms with Gasteiger partial charge in [0, 0.05) is 12.8 Å². The van der Waals surface area contributed by atoms with Gasteiger partial charge >= 0.3 is 5.97 Å². The van der Waals surface area contributed by atoms with Crippen LogP contribution in [-0.4, -0.2) is 28.8 Å². The zero-order valence-electron chi connectivity index (χ0n) is 12.1. The number of carbonyl (C=O) groups is 3. The summed E-state index contributed by atoms with van der Waals surface area (Å²) in [6.07, 6.45) is 0.0717. The lowest BCUT2D eigenvalue weighted by molar-refractivity contribution is -0.142. The molecule has 120 valence electrons. The zero-order chi connectivity index (χ0) is 16.7. The molecule has 0 saturated carbocycles. The lowest BCUT2D eigenvalue weighted by atomic mass is 10.1.